The van der Waals surface area contributed by atoms with Crippen LogP contribution in [-0.2, 0) is 18.3 Å². The standard InChI is InChI=1S/C17H26N6O2/c1-11-15(12(2)22(4)21-11)16-14(5-10-25-16)20-17(24)19-7-9-23-8-6-18-13(23)3/h6,8,14,16H,5,7,9-10H2,1-4H3,(H2,19,20,24)/t14-,16-/m1/s1. The molecule has 0 aromatic carbocycles. The average Bonchev–Trinajstić information content (AvgIpc) is 3.22. The lowest BCUT2D eigenvalue weighted by Crippen LogP contribution is -2.44. The molecular weight excluding hydrogens is 320 g/mol. The van der Waals surface area contributed by atoms with E-state index in [0.717, 1.165) is 29.2 Å². The fourth-order valence-corrected chi connectivity index (χ4v) is 3.37. The summed E-state index contributed by atoms with van der Waals surface area (Å²) in [5.74, 6) is 0.939. The summed E-state index contributed by atoms with van der Waals surface area (Å²) in [6.07, 6.45) is 4.32. The van der Waals surface area contributed by atoms with E-state index in [1.54, 1.807) is 6.20 Å². The first-order valence-corrected chi connectivity index (χ1v) is 8.61. The van der Waals surface area contributed by atoms with E-state index in [9.17, 15) is 4.79 Å². The third-order valence-corrected chi connectivity index (χ3v) is 4.82. The summed E-state index contributed by atoms with van der Waals surface area (Å²) in [6.45, 7) is 7.84. The van der Waals surface area contributed by atoms with E-state index in [1.807, 2.05) is 43.3 Å². The van der Waals surface area contributed by atoms with Crippen LogP contribution in [0.1, 0.15) is 35.3 Å². The number of aryl methyl sites for hydroxylation is 3. The molecule has 25 heavy (non-hydrogen) atoms. The van der Waals surface area contributed by atoms with Crippen LogP contribution in [-0.4, -0.2) is 44.6 Å². The number of imidazole rings is 1. The third kappa shape index (κ3) is 3.68. The fourth-order valence-electron chi connectivity index (χ4n) is 3.37. The monoisotopic (exact) mass is 346 g/mol. The van der Waals surface area contributed by atoms with Crippen molar-refractivity contribution in [3.63, 3.8) is 0 Å². The Morgan fingerprint density at radius 1 is 1.40 bits per heavy atom. The molecule has 0 bridgehead atoms. The molecule has 2 aromatic heterocycles. The summed E-state index contributed by atoms with van der Waals surface area (Å²) in [7, 11) is 1.92. The number of aromatic nitrogens is 4. The average molecular weight is 346 g/mol. The molecule has 1 fully saturated rings. The van der Waals surface area contributed by atoms with Gasteiger partial charge in [-0.05, 0) is 27.2 Å². The Labute approximate surface area is 147 Å². The van der Waals surface area contributed by atoms with Crippen LogP contribution in [0.3, 0.4) is 0 Å². The van der Waals surface area contributed by atoms with E-state index < -0.39 is 0 Å². The Morgan fingerprint density at radius 3 is 2.84 bits per heavy atom. The molecule has 0 unspecified atom stereocenters. The molecule has 2 aromatic rings. The van der Waals surface area contributed by atoms with Crippen molar-refractivity contribution < 1.29 is 9.53 Å². The van der Waals surface area contributed by atoms with E-state index in [1.165, 1.54) is 0 Å². The Hall–Kier alpha value is -2.35. The maximum absolute atomic E-state index is 12.2. The minimum absolute atomic E-state index is 0.0448. The molecule has 0 saturated carbocycles. The first-order valence-electron chi connectivity index (χ1n) is 8.61. The predicted molar refractivity (Wildman–Crippen MR) is 93.3 cm³/mol. The zero-order chi connectivity index (χ0) is 18.0. The van der Waals surface area contributed by atoms with Crippen molar-refractivity contribution in [2.45, 2.75) is 45.9 Å². The molecule has 2 N–H and O–H groups in total. The van der Waals surface area contributed by atoms with Gasteiger partial charge < -0.3 is 19.9 Å². The van der Waals surface area contributed by atoms with Gasteiger partial charge in [0.25, 0.3) is 0 Å². The van der Waals surface area contributed by atoms with Gasteiger partial charge in [0.2, 0.25) is 0 Å². The van der Waals surface area contributed by atoms with Gasteiger partial charge in [0.15, 0.2) is 0 Å². The maximum atomic E-state index is 12.2. The highest BCUT2D eigenvalue weighted by atomic mass is 16.5. The number of hydrogen-bond donors (Lipinski definition) is 2. The number of amides is 2. The van der Waals surface area contributed by atoms with Gasteiger partial charge in [0, 0.05) is 50.4 Å². The minimum atomic E-state index is -0.169. The highest BCUT2D eigenvalue weighted by molar-refractivity contribution is 5.74. The van der Waals surface area contributed by atoms with Gasteiger partial charge >= 0.3 is 6.03 Å². The van der Waals surface area contributed by atoms with Gasteiger partial charge in [-0.1, -0.05) is 0 Å². The van der Waals surface area contributed by atoms with E-state index in [2.05, 4.69) is 20.7 Å². The van der Waals surface area contributed by atoms with Crippen molar-refractivity contribution in [1.29, 1.82) is 0 Å². The van der Waals surface area contributed by atoms with Crippen molar-refractivity contribution >= 4 is 6.03 Å². The van der Waals surface area contributed by atoms with E-state index in [0.29, 0.717) is 19.7 Å². The quantitative estimate of drug-likeness (QED) is 0.856. The molecule has 0 aliphatic carbocycles. The van der Waals surface area contributed by atoms with Crippen molar-refractivity contribution in [2.75, 3.05) is 13.2 Å². The molecule has 1 saturated heterocycles. The van der Waals surface area contributed by atoms with Crippen LogP contribution in [0.4, 0.5) is 4.79 Å². The van der Waals surface area contributed by atoms with Crippen LogP contribution in [0.15, 0.2) is 12.4 Å². The van der Waals surface area contributed by atoms with Crippen molar-refractivity contribution in [1.82, 2.24) is 30.0 Å². The number of nitrogens with zero attached hydrogens (tertiary/aromatic N) is 4. The molecule has 3 rings (SSSR count). The molecule has 0 radical (unpaired) electrons. The predicted octanol–water partition coefficient (Wildman–Crippen LogP) is 1.37. The van der Waals surface area contributed by atoms with Crippen LogP contribution >= 0.6 is 0 Å². The Balaban J connectivity index is 1.56. The van der Waals surface area contributed by atoms with E-state index in [4.69, 9.17) is 4.74 Å². The van der Waals surface area contributed by atoms with Gasteiger partial charge in [0.05, 0.1) is 11.7 Å². The summed E-state index contributed by atoms with van der Waals surface area (Å²) in [5.41, 5.74) is 3.11. The van der Waals surface area contributed by atoms with Crippen molar-refractivity contribution in [3.05, 3.63) is 35.2 Å². The normalized spacial score (nSPS) is 20.0. The Kier molecular flexibility index (Phi) is 5.08. The van der Waals surface area contributed by atoms with Crippen LogP contribution in [0.2, 0.25) is 0 Å². The second-order valence-corrected chi connectivity index (χ2v) is 6.46. The van der Waals surface area contributed by atoms with Crippen LogP contribution < -0.4 is 10.6 Å². The summed E-state index contributed by atoms with van der Waals surface area (Å²) >= 11 is 0. The van der Waals surface area contributed by atoms with Crippen LogP contribution in [0.5, 0.6) is 0 Å². The molecule has 2 atom stereocenters. The van der Waals surface area contributed by atoms with Crippen molar-refractivity contribution in [3.8, 4) is 0 Å². The summed E-state index contributed by atoms with van der Waals surface area (Å²) in [4.78, 5) is 16.4. The summed E-state index contributed by atoms with van der Waals surface area (Å²) < 4.78 is 9.76. The largest absolute Gasteiger partial charge is 0.371 e. The van der Waals surface area contributed by atoms with Gasteiger partial charge in [0.1, 0.15) is 11.9 Å². The van der Waals surface area contributed by atoms with Gasteiger partial charge in [-0.3, -0.25) is 4.68 Å². The second kappa shape index (κ2) is 7.26. The Morgan fingerprint density at radius 2 is 2.20 bits per heavy atom. The minimum Gasteiger partial charge on any atom is -0.371 e. The molecule has 8 nitrogen and oxygen atoms in total. The lowest BCUT2D eigenvalue weighted by Gasteiger charge is -2.21. The topological polar surface area (TPSA) is 86.0 Å². The number of rotatable bonds is 5. The zero-order valence-electron chi connectivity index (χ0n) is 15.2. The number of urea groups is 1. The van der Waals surface area contributed by atoms with Gasteiger partial charge in [-0.2, -0.15) is 5.10 Å². The first kappa shape index (κ1) is 17.5. The number of ether oxygens (including phenoxy) is 1. The highest BCUT2D eigenvalue weighted by Crippen LogP contribution is 2.33. The number of nitrogens with one attached hydrogen (secondary N) is 2. The first-order chi connectivity index (χ1) is 12.0. The summed E-state index contributed by atoms with van der Waals surface area (Å²) in [5, 5.41) is 10.4. The molecule has 8 heteroatoms. The molecule has 0 spiro atoms. The SMILES string of the molecule is Cc1nn(C)c(C)c1[C@@H]1OCC[C@H]1NC(=O)NCCn1ccnc1C. The second-order valence-electron chi connectivity index (χ2n) is 6.46. The smallest absolute Gasteiger partial charge is 0.315 e. The fraction of sp³-hybridized carbons (Fsp3) is 0.588. The molecule has 2 amide bonds. The highest BCUT2D eigenvalue weighted by Gasteiger charge is 2.34. The molecule has 3 heterocycles. The lowest BCUT2D eigenvalue weighted by molar-refractivity contribution is 0.0988. The van der Waals surface area contributed by atoms with Gasteiger partial charge in [-0.25, -0.2) is 9.78 Å². The molecular formula is C17H26N6O2. The molecule has 1 aliphatic rings. The number of hydrogen-bond acceptors (Lipinski definition) is 4. The number of carbonyl (C=O) groups excluding carboxylic acids is 1. The van der Waals surface area contributed by atoms with E-state index in [-0.39, 0.29) is 18.2 Å². The van der Waals surface area contributed by atoms with Crippen molar-refractivity contribution in [2.24, 2.45) is 7.05 Å². The third-order valence-electron chi connectivity index (χ3n) is 4.82. The molecule has 1 aliphatic heterocycles. The maximum Gasteiger partial charge on any atom is 0.315 e. The number of carbonyl (C=O) groups is 1. The molecule has 136 valence electrons. The van der Waals surface area contributed by atoms with Gasteiger partial charge in [-0.15, -0.1) is 0 Å². The van der Waals surface area contributed by atoms with Crippen LogP contribution in [0, 0.1) is 20.8 Å². The zero-order valence-corrected chi connectivity index (χ0v) is 15.2. The lowest BCUT2D eigenvalue weighted by atomic mass is 10.0. The van der Waals surface area contributed by atoms with E-state index >= 15 is 0 Å². The summed E-state index contributed by atoms with van der Waals surface area (Å²) in [6, 6.07) is -0.214. The Bertz CT molecular complexity index is 750. The van der Waals surface area contributed by atoms with Crippen LogP contribution in [0.25, 0.3) is 0 Å².